The van der Waals surface area contributed by atoms with Gasteiger partial charge in [0.1, 0.15) is 5.75 Å². The zero-order valence-electron chi connectivity index (χ0n) is 11.0. The molecule has 0 aliphatic carbocycles. The summed E-state index contributed by atoms with van der Waals surface area (Å²) in [7, 11) is 1.65. The highest BCUT2D eigenvalue weighted by molar-refractivity contribution is 5.98. The molecule has 0 fully saturated rings. The molecule has 1 aliphatic rings. The molecule has 0 bridgehead atoms. The van der Waals surface area contributed by atoms with Crippen LogP contribution in [0.1, 0.15) is 25.3 Å². The van der Waals surface area contributed by atoms with Gasteiger partial charge in [-0.3, -0.25) is 4.79 Å². The number of fused-ring (bicyclic) bond motifs is 1. The number of aryl methyl sites for hydroxylation is 1. The van der Waals surface area contributed by atoms with E-state index in [9.17, 15) is 4.79 Å². The molecule has 2 rings (SSSR count). The van der Waals surface area contributed by atoms with E-state index in [1.54, 1.807) is 7.11 Å². The summed E-state index contributed by atoms with van der Waals surface area (Å²) < 4.78 is 5.22. The standard InChI is InChI=1S/C14H20N2O2/c1-3-12(15)14(17)16-8-4-5-10-9-11(18-2)6-7-13(10)16/h6-7,9,12H,3-5,8,15H2,1-2H3/t12-/m0/s1. The Hall–Kier alpha value is -1.55. The molecule has 1 atom stereocenters. The van der Waals surface area contributed by atoms with E-state index in [1.165, 1.54) is 0 Å². The smallest absolute Gasteiger partial charge is 0.243 e. The Bertz CT molecular complexity index is 445. The summed E-state index contributed by atoms with van der Waals surface area (Å²) >= 11 is 0. The maximum absolute atomic E-state index is 12.2. The quantitative estimate of drug-likeness (QED) is 0.886. The van der Waals surface area contributed by atoms with Gasteiger partial charge in [0.25, 0.3) is 0 Å². The average Bonchev–Trinajstić information content (AvgIpc) is 2.44. The number of ether oxygens (including phenoxy) is 1. The molecule has 0 saturated carbocycles. The van der Waals surface area contributed by atoms with Crippen LogP contribution in [0.5, 0.6) is 5.75 Å². The molecule has 0 spiro atoms. The summed E-state index contributed by atoms with van der Waals surface area (Å²) in [6, 6.07) is 5.44. The topological polar surface area (TPSA) is 55.6 Å². The minimum absolute atomic E-state index is 0.0172. The minimum atomic E-state index is -0.405. The second kappa shape index (κ2) is 5.40. The van der Waals surface area contributed by atoms with Crippen molar-refractivity contribution in [1.29, 1.82) is 0 Å². The largest absolute Gasteiger partial charge is 0.497 e. The molecule has 1 aromatic rings. The lowest BCUT2D eigenvalue weighted by molar-refractivity contribution is -0.120. The Morgan fingerprint density at radius 1 is 1.56 bits per heavy atom. The molecular weight excluding hydrogens is 228 g/mol. The molecule has 1 heterocycles. The summed E-state index contributed by atoms with van der Waals surface area (Å²) in [5.41, 5.74) is 7.99. The Kier molecular flexibility index (Phi) is 3.87. The normalized spacial score (nSPS) is 16.1. The summed E-state index contributed by atoms with van der Waals surface area (Å²) in [6.07, 6.45) is 2.63. The van der Waals surface area contributed by atoms with Crippen LogP contribution < -0.4 is 15.4 Å². The van der Waals surface area contributed by atoms with Crippen LogP contribution in [-0.4, -0.2) is 25.6 Å². The molecule has 1 aliphatic heterocycles. The molecule has 0 aromatic heterocycles. The van der Waals surface area contributed by atoms with Gasteiger partial charge in [-0.25, -0.2) is 0 Å². The number of carbonyl (C=O) groups excluding carboxylic acids is 1. The van der Waals surface area contributed by atoms with Gasteiger partial charge in [-0.05, 0) is 43.0 Å². The fraction of sp³-hybridized carbons (Fsp3) is 0.500. The lowest BCUT2D eigenvalue weighted by Crippen LogP contribution is -2.45. The van der Waals surface area contributed by atoms with Crippen molar-refractivity contribution in [3.63, 3.8) is 0 Å². The van der Waals surface area contributed by atoms with E-state index in [4.69, 9.17) is 10.5 Å². The molecule has 2 N–H and O–H groups in total. The van der Waals surface area contributed by atoms with Crippen molar-refractivity contribution in [3.05, 3.63) is 23.8 Å². The Labute approximate surface area is 108 Å². The maximum atomic E-state index is 12.2. The van der Waals surface area contributed by atoms with E-state index in [-0.39, 0.29) is 5.91 Å². The fourth-order valence-corrected chi connectivity index (χ4v) is 2.30. The molecule has 0 radical (unpaired) electrons. The fourth-order valence-electron chi connectivity index (χ4n) is 2.30. The van der Waals surface area contributed by atoms with Gasteiger partial charge >= 0.3 is 0 Å². The van der Waals surface area contributed by atoms with Crippen molar-refractivity contribution in [2.45, 2.75) is 32.2 Å². The van der Waals surface area contributed by atoms with Gasteiger partial charge < -0.3 is 15.4 Å². The number of carbonyl (C=O) groups is 1. The molecule has 98 valence electrons. The van der Waals surface area contributed by atoms with Crippen LogP contribution in [-0.2, 0) is 11.2 Å². The van der Waals surface area contributed by atoms with Gasteiger partial charge in [-0.2, -0.15) is 0 Å². The third-order valence-corrected chi connectivity index (χ3v) is 3.43. The van der Waals surface area contributed by atoms with Gasteiger partial charge in [0.2, 0.25) is 5.91 Å². The molecule has 0 saturated heterocycles. The molecule has 18 heavy (non-hydrogen) atoms. The van der Waals surface area contributed by atoms with E-state index in [0.717, 1.165) is 36.4 Å². The van der Waals surface area contributed by atoms with E-state index < -0.39 is 6.04 Å². The van der Waals surface area contributed by atoms with Crippen molar-refractivity contribution in [2.75, 3.05) is 18.6 Å². The van der Waals surface area contributed by atoms with Gasteiger partial charge in [-0.1, -0.05) is 6.92 Å². The van der Waals surface area contributed by atoms with Gasteiger partial charge in [-0.15, -0.1) is 0 Å². The lowest BCUT2D eigenvalue weighted by atomic mass is 10.0. The molecule has 0 unspecified atom stereocenters. The zero-order valence-corrected chi connectivity index (χ0v) is 11.0. The number of nitrogens with zero attached hydrogens (tertiary/aromatic N) is 1. The maximum Gasteiger partial charge on any atom is 0.243 e. The minimum Gasteiger partial charge on any atom is -0.497 e. The van der Waals surface area contributed by atoms with Crippen LogP contribution in [0.15, 0.2) is 18.2 Å². The van der Waals surface area contributed by atoms with Gasteiger partial charge in [0, 0.05) is 12.2 Å². The van der Waals surface area contributed by atoms with Crippen molar-refractivity contribution in [1.82, 2.24) is 0 Å². The third kappa shape index (κ3) is 2.34. The van der Waals surface area contributed by atoms with Crippen LogP contribution in [0.3, 0.4) is 0 Å². The number of hydrogen-bond acceptors (Lipinski definition) is 3. The van der Waals surface area contributed by atoms with Crippen LogP contribution >= 0.6 is 0 Å². The second-order valence-corrected chi connectivity index (χ2v) is 4.60. The summed E-state index contributed by atoms with van der Waals surface area (Å²) in [5, 5.41) is 0. The predicted molar refractivity (Wildman–Crippen MR) is 71.9 cm³/mol. The summed E-state index contributed by atoms with van der Waals surface area (Å²) in [5.74, 6) is 0.853. The first-order valence-corrected chi connectivity index (χ1v) is 6.41. The SMILES string of the molecule is CC[C@H](N)C(=O)N1CCCc2cc(OC)ccc21. The van der Waals surface area contributed by atoms with Crippen LogP contribution in [0.4, 0.5) is 5.69 Å². The second-order valence-electron chi connectivity index (χ2n) is 4.60. The number of rotatable bonds is 3. The number of benzene rings is 1. The Morgan fingerprint density at radius 2 is 2.33 bits per heavy atom. The van der Waals surface area contributed by atoms with Crippen molar-refractivity contribution in [3.8, 4) is 5.75 Å². The number of nitrogens with two attached hydrogens (primary N) is 1. The Morgan fingerprint density at radius 3 is 3.00 bits per heavy atom. The predicted octanol–water partition coefficient (Wildman–Crippen LogP) is 1.71. The van der Waals surface area contributed by atoms with E-state index in [2.05, 4.69) is 0 Å². The van der Waals surface area contributed by atoms with E-state index in [0.29, 0.717) is 6.42 Å². The third-order valence-electron chi connectivity index (χ3n) is 3.43. The number of amides is 1. The molecule has 1 amide bonds. The van der Waals surface area contributed by atoms with Gasteiger partial charge in [0.05, 0.1) is 13.2 Å². The molecule has 4 nitrogen and oxygen atoms in total. The van der Waals surface area contributed by atoms with Crippen LogP contribution in [0, 0.1) is 0 Å². The van der Waals surface area contributed by atoms with Crippen molar-refractivity contribution < 1.29 is 9.53 Å². The zero-order chi connectivity index (χ0) is 13.1. The first kappa shape index (κ1) is 12.9. The molecule has 4 heteroatoms. The van der Waals surface area contributed by atoms with Crippen molar-refractivity contribution in [2.24, 2.45) is 5.73 Å². The average molecular weight is 248 g/mol. The first-order valence-electron chi connectivity index (χ1n) is 6.41. The lowest BCUT2D eigenvalue weighted by Gasteiger charge is -2.31. The highest BCUT2D eigenvalue weighted by Gasteiger charge is 2.25. The van der Waals surface area contributed by atoms with Crippen molar-refractivity contribution >= 4 is 11.6 Å². The monoisotopic (exact) mass is 248 g/mol. The number of hydrogen-bond donors (Lipinski definition) is 1. The number of methoxy groups -OCH3 is 1. The highest BCUT2D eigenvalue weighted by Crippen LogP contribution is 2.30. The number of anilines is 1. The Balaban J connectivity index is 2.30. The summed E-state index contributed by atoms with van der Waals surface area (Å²) in [4.78, 5) is 14.0. The molecule has 1 aromatic carbocycles. The van der Waals surface area contributed by atoms with Crippen LogP contribution in [0.2, 0.25) is 0 Å². The highest BCUT2D eigenvalue weighted by atomic mass is 16.5. The molecular formula is C14H20N2O2. The van der Waals surface area contributed by atoms with E-state index >= 15 is 0 Å². The van der Waals surface area contributed by atoms with E-state index in [1.807, 2.05) is 30.0 Å². The summed E-state index contributed by atoms with van der Waals surface area (Å²) in [6.45, 7) is 2.69. The first-order chi connectivity index (χ1) is 8.67. The van der Waals surface area contributed by atoms with Crippen LogP contribution in [0.25, 0.3) is 0 Å². The van der Waals surface area contributed by atoms with Gasteiger partial charge in [0.15, 0.2) is 0 Å².